The Balaban J connectivity index is 1.26. The molecule has 0 amide bonds. The normalized spacial score (nSPS) is 12.1. The first kappa shape index (κ1) is 25.4. The smallest absolute Gasteiger partial charge is 0.158 e. The summed E-state index contributed by atoms with van der Waals surface area (Å²) in [6.07, 6.45) is 6.17. The lowest BCUT2D eigenvalue weighted by Gasteiger charge is -2.14. The van der Waals surface area contributed by atoms with E-state index in [0.29, 0.717) is 29.6 Å². The van der Waals surface area contributed by atoms with Crippen molar-refractivity contribution in [1.82, 2.24) is 24.6 Å². The Morgan fingerprint density at radius 2 is 1.89 bits per heavy atom. The van der Waals surface area contributed by atoms with Gasteiger partial charge < -0.3 is 24.6 Å². The quantitative estimate of drug-likeness (QED) is 0.220. The molecule has 0 fully saturated rings. The Morgan fingerprint density at radius 3 is 2.76 bits per heavy atom. The Bertz CT molecular complexity index is 1520. The van der Waals surface area contributed by atoms with Crippen LogP contribution in [0.1, 0.15) is 25.3 Å². The van der Waals surface area contributed by atoms with Crippen LogP contribution in [0.5, 0.6) is 17.2 Å². The van der Waals surface area contributed by atoms with Gasteiger partial charge in [-0.2, -0.15) is 5.10 Å². The van der Waals surface area contributed by atoms with Crippen molar-refractivity contribution < 1.29 is 19.3 Å². The van der Waals surface area contributed by atoms with Crippen LogP contribution in [-0.4, -0.2) is 55.6 Å². The Hall–Kier alpha value is -4.28. The lowest BCUT2D eigenvalue weighted by atomic mass is 10.2. The van der Waals surface area contributed by atoms with Gasteiger partial charge in [0.05, 0.1) is 12.1 Å². The molecule has 1 atom stereocenters. The van der Waals surface area contributed by atoms with Gasteiger partial charge in [0.2, 0.25) is 0 Å². The van der Waals surface area contributed by atoms with Gasteiger partial charge in [0.15, 0.2) is 5.65 Å². The number of unbranched alkanes of at least 4 members (excludes halogenated alkanes) is 1. The molecule has 10 heteroatoms. The molecule has 2 aromatic carbocycles. The van der Waals surface area contributed by atoms with Crippen LogP contribution in [0.3, 0.4) is 0 Å². The molecule has 38 heavy (non-hydrogen) atoms. The van der Waals surface area contributed by atoms with Crippen LogP contribution in [0.4, 0.5) is 11.5 Å². The van der Waals surface area contributed by atoms with Gasteiger partial charge in [-0.05, 0) is 61.4 Å². The highest BCUT2D eigenvalue weighted by Crippen LogP contribution is 2.31. The van der Waals surface area contributed by atoms with E-state index < -0.39 is 6.10 Å². The summed E-state index contributed by atoms with van der Waals surface area (Å²) < 4.78 is 19.0. The average Bonchev–Trinajstić information content (AvgIpc) is 3.40. The van der Waals surface area contributed by atoms with E-state index in [1.807, 2.05) is 61.7 Å². The second-order valence-corrected chi connectivity index (χ2v) is 8.93. The number of aliphatic hydroxyl groups excluding tert-OH is 1. The number of nitrogens with one attached hydrogen (secondary N) is 1. The zero-order valence-corrected chi connectivity index (χ0v) is 21.4. The van der Waals surface area contributed by atoms with E-state index in [2.05, 4.69) is 32.3 Å². The van der Waals surface area contributed by atoms with Crippen molar-refractivity contribution in [2.24, 2.45) is 0 Å². The van der Waals surface area contributed by atoms with E-state index in [-0.39, 0.29) is 13.2 Å². The molecule has 3 heterocycles. The van der Waals surface area contributed by atoms with E-state index in [0.717, 1.165) is 40.7 Å². The standard InChI is InChI=1S/C28H30N6O4/c1-3-4-11-36-15-21(35)16-37-22-6-7-25-24(13-22)28(31-17-29-25)33-20-5-8-26(19(2)12-20)38-23-9-10-34-27(14-23)30-18-32-34/h5-10,12-14,17-18,21,35H,3-4,11,15-16H2,1-2H3,(H,29,31,33)/t21-/m1/s1. The van der Waals surface area contributed by atoms with E-state index in [9.17, 15) is 5.11 Å². The van der Waals surface area contributed by atoms with Crippen molar-refractivity contribution in [1.29, 1.82) is 0 Å². The van der Waals surface area contributed by atoms with Gasteiger partial charge in [-0.1, -0.05) is 13.3 Å². The van der Waals surface area contributed by atoms with Gasteiger partial charge in [-0.3, -0.25) is 0 Å². The highest BCUT2D eigenvalue weighted by Gasteiger charge is 2.11. The summed E-state index contributed by atoms with van der Waals surface area (Å²) in [4.78, 5) is 13.0. The topological polar surface area (TPSA) is 116 Å². The molecule has 2 N–H and O–H groups in total. The lowest BCUT2D eigenvalue weighted by molar-refractivity contribution is 0.0113. The average molecular weight is 515 g/mol. The number of rotatable bonds is 12. The SMILES string of the molecule is CCCCOC[C@@H](O)COc1ccc2ncnc(Nc3ccc(Oc4ccn5ncnc5c4)c(C)c3)c2c1. The van der Waals surface area contributed by atoms with Gasteiger partial charge in [-0.15, -0.1) is 0 Å². The molecule has 0 aliphatic heterocycles. The first-order chi connectivity index (χ1) is 18.6. The fraction of sp³-hybridized carbons (Fsp3) is 0.286. The third-order valence-corrected chi connectivity index (χ3v) is 5.92. The summed E-state index contributed by atoms with van der Waals surface area (Å²) in [6, 6.07) is 15.1. The molecule has 3 aromatic heterocycles. The zero-order valence-electron chi connectivity index (χ0n) is 21.4. The molecule has 5 aromatic rings. The van der Waals surface area contributed by atoms with Gasteiger partial charge in [0, 0.05) is 29.9 Å². The van der Waals surface area contributed by atoms with Crippen molar-refractivity contribution in [3.8, 4) is 17.2 Å². The van der Waals surface area contributed by atoms with Gasteiger partial charge >= 0.3 is 0 Å². The third-order valence-electron chi connectivity index (χ3n) is 5.92. The van der Waals surface area contributed by atoms with Crippen LogP contribution < -0.4 is 14.8 Å². The van der Waals surface area contributed by atoms with Crippen molar-refractivity contribution in [2.45, 2.75) is 32.8 Å². The second kappa shape index (κ2) is 11.8. The summed E-state index contributed by atoms with van der Waals surface area (Å²) in [5.74, 6) is 2.68. The predicted molar refractivity (Wildman–Crippen MR) is 144 cm³/mol. The minimum absolute atomic E-state index is 0.138. The maximum absolute atomic E-state index is 10.1. The molecule has 0 saturated carbocycles. The summed E-state index contributed by atoms with van der Waals surface area (Å²) in [5.41, 5.74) is 3.30. The number of aryl methyl sites for hydroxylation is 1. The molecule has 0 aliphatic rings. The minimum atomic E-state index is -0.700. The Labute approximate surface area is 220 Å². The molecule has 10 nitrogen and oxygen atoms in total. The number of aromatic nitrogens is 5. The van der Waals surface area contributed by atoms with Crippen LogP contribution in [0.15, 0.2) is 67.4 Å². The number of hydrogen-bond acceptors (Lipinski definition) is 9. The number of ether oxygens (including phenoxy) is 3. The highest BCUT2D eigenvalue weighted by atomic mass is 16.5. The summed E-state index contributed by atoms with van der Waals surface area (Å²) in [7, 11) is 0. The Morgan fingerprint density at radius 1 is 0.974 bits per heavy atom. The zero-order chi connectivity index (χ0) is 26.3. The van der Waals surface area contributed by atoms with E-state index in [4.69, 9.17) is 14.2 Å². The van der Waals surface area contributed by atoms with Crippen molar-refractivity contribution in [2.75, 3.05) is 25.1 Å². The van der Waals surface area contributed by atoms with Crippen LogP contribution in [0.2, 0.25) is 0 Å². The third kappa shape index (κ3) is 6.16. The van der Waals surface area contributed by atoms with Crippen LogP contribution in [0, 0.1) is 6.92 Å². The van der Waals surface area contributed by atoms with E-state index in [1.165, 1.54) is 12.7 Å². The van der Waals surface area contributed by atoms with Crippen LogP contribution in [0.25, 0.3) is 16.6 Å². The molecular formula is C28H30N6O4. The predicted octanol–water partition coefficient (Wildman–Crippen LogP) is 5.07. The number of fused-ring (bicyclic) bond motifs is 2. The molecule has 0 bridgehead atoms. The number of anilines is 2. The second-order valence-electron chi connectivity index (χ2n) is 8.93. The molecule has 0 unspecified atom stereocenters. The van der Waals surface area contributed by atoms with Crippen LogP contribution >= 0.6 is 0 Å². The minimum Gasteiger partial charge on any atom is -0.491 e. The van der Waals surface area contributed by atoms with Crippen LogP contribution in [-0.2, 0) is 4.74 Å². The number of nitrogens with zero attached hydrogens (tertiary/aromatic N) is 5. The van der Waals surface area contributed by atoms with Crippen molar-refractivity contribution in [3.05, 3.63) is 72.9 Å². The van der Waals surface area contributed by atoms with Crippen molar-refractivity contribution >= 4 is 28.1 Å². The summed E-state index contributed by atoms with van der Waals surface area (Å²) >= 11 is 0. The van der Waals surface area contributed by atoms with E-state index in [1.54, 1.807) is 4.52 Å². The molecular weight excluding hydrogens is 484 g/mol. The molecule has 196 valence electrons. The maximum Gasteiger partial charge on any atom is 0.158 e. The first-order valence-corrected chi connectivity index (χ1v) is 12.6. The Kier molecular flexibility index (Phi) is 7.91. The molecule has 0 spiro atoms. The maximum atomic E-state index is 10.1. The number of benzene rings is 2. The summed E-state index contributed by atoms with van der Waals surface area (Å²) in [5, 5.41) is 18.4. The van der Waals surface area contributed by atoms with Gasteiger partial charge in [0.1, 0.15) is 48.4 Å². The molecule has 5 rings (SSSR count). The lowest BCUT2D eigenvalue weighted by Crippen LogP contribution is -2.23. The largest absolute Gasteiger partial charge is 0.491 e. The summed E-state index contributed by atoms with van der Waals surface area (Å²) in [6.45, 7) is 5.11. The van der Waals surface area contributed by atoms with Crippen molar-refractivity contribution in [3.63, 3.8) is 0 Å². The monoisotopic (exact) mass is 514 g/mol. The first-order valence-electron chi connectivity index (χ1n) is 12.6. The fourth-order valence-electron chi connectivity index (χ4n) is 3.90. The molecule has 0 radical (unpaired) electrons. The van der Waals surface area contributed by atoms with Gasteiger partial charge in [-0.25, -0.2) is 19.5 Å². The molecule has 0 aliphatic carbocycles. The van der Waals surface area contributed by atoms with Gasteiger partial charge in [0.25, 0.3) is 0 Å². The fourth-order valence-corrected chi connectivity index (χ4v) is 3.90. The number of aliphatic hydroxyl groups is 1. The number of pyridine rings is 1. The van der Waals surface area contributed by atoms with E-state index >= 15 is 0 Å². The number of hydrogen-bond donors (Lipinski definition) is 2. The highest BCUT2D eigenvalue weighted by molar-refractivity contribution is 5.91. The molecule has 0 saturated heterocycles.